The second-order valence-electron chi connectivity index (χ2n) is 8.15. The minimum atomic E-state index is -0.225. The van der Waals surface area contributed by atoms with Gasteiger partial charge in [-0.3, -0.25) is 14.2 Å². The summed E-state index contributed by atoms with van der Waals surface area (Å²) in [6.45, 7) is 4.66. The summed E-state index contributed by atoms with van der Waals surface area (Å²) in [6, 6.07) is 19.5. The lowest BCUT2D eigenvalue weighted by Crippen LogP contribution is -2.14. The lowest BCUT2D eigenvalue weighted by molar-refractivity contribution is 0.102. The number of para-hydroxylation sites is 1. The van der Waals surface area contributed by atoms with Gasteiger partial charge < -0.3 is 5.32 Å². The van der Waals surface area contributed by atoms with Crippen LogP contribution >= 0.6 is 0 Å². The Bertz CT molecular complexity index is 1480. The van der Waals surface area contributed by atoms with Gasteiger partial charge in [-0.05, 0) is 37.1 Å². The first-order chi connectivity index (χ1) is 16.0. The number of rotatable bonds is 5. The van der Waals surface area contributed by atoms with Gasteiger partial charge in [0.15, 0.2) is 5.82 Å². The molecule has 0 radical (unpaired) electrons. The Labute approximate surface area is 191 Å². The van der Waals surface area contributed by atoms with Gasteiger partial charge in [-0.25, -0.2) is 4.98 Å². The van der Waals surface area contributed by atoms with Crippen LogP contribution in [0.25, 0.3) is 22.2 Å². The Morgan fingerprint density at radius 3 is 2.58 bits per heavy atom. The van der Waals surface area contributed by atoms with Crippen LogP contribution in [0.3, 0.4) is 0 Å². The molecule has 0 spiro atoms. The Hall–Kier alpha value is -4.26. The number of aryl methyl sites for hydroxylation is 3. The number of nitrogens with zero attached hydrogens (tertiary/aromatic N) is 5. The summed E-state index contributed by atoms with van der Waals surface area (Å²) in [7, 11) is 1.87. The quantitative estimate of drug-likeness (QED) is 0.431. The molecule has 0 saturated carbocycles. The SMILES string of the molecule is Cc1ccccc1Cn1ccc(NC(=O)c2cc(-c3cn(C)nc3C)nc3ccccc23)n1. The predicted octanol–water partition coefficient (Wildman–Crippen LogP) is 4.75. The summed E-state index contributed by atoms with van der Waals surface area (Å²) in [6.07, 6.45) is 3.79. The molecule has 0 fully saturated rings. The molecule has 0 atom stereocenters. The van der Waals surface area contributed by atoms with Crippen molar-refractivity contribution < 1.29 is 4.79 Å². The van der Waals surface area contributed by atoms with Gasteiger partial charge in [0.05, 0.1) is 29.0 Å². The molecule has 7 heteroatoms. The van der Waals surface area contributed by atoms with E-state index in [1.165, 1.54) is 11.1 Å². The zero-order chi connectivity index (χ0) is 22.9. The van der Waals surface area contributed by atoms with Crippen molar-refractivity contribution in [3.63, 3.8) is 0 Å². The number of amides is 1. The normalized spacial score (nSPS) is 11.1. The largest absolute Gasteiger partial charge is 0.305 e. The van der Waals surface area contributed by atoms with Crippen LogP contribution in [-0.2, 0) is 13.6 Å². The number of hydrogen-bond donors (Lipinski definition) is 1. The molecule has 5 aromatic rings. The highest BCUT2D eigenvalue weighted by molar-refractivity contribution is 6.12. The van der Waals surface area contributed by atoms with Gasteiger partial charge in [-0.1, -0.05) is 42.5 Å². The summed E-state index contributed by atoms with van der Waals surface area (Å²) in [5.74, 6) is 0.283. The zero-order valence-electron chi connectivity index (χ0n) is 18.8. The smallest absolute Gasteiger partial charge is 0.257 e. The van der Waals surface area contributed by atoms with Crippen LogP contribution in [0.5, 0.6) is 0 Å². The van der Waals surface area contributed by atoms with E-state index in [1.54, 1.807) is 4.68 Å². The lowest BCUT2D eigenvalue weighted by atomic mass is 10.0. The second-order valence-corrected chi connectivity index (χ2v) is 8.15. The van der Waals surface area contributed by atoms with Gasteiger partial charge in [-0.15, -0.1) is 0 Å². The third kappa shape index (κ3) is 4.13. The molecule has 0 bridgehead atoms. The Morgan fingerprint density at radius 2 is 1.79 bits per heavy atom. The number of aromatic nitrogens is 5. The molecule has 3 heterocycles. The predicted molar refractivity (Wildman–Crippen MR) is 129 cm³/mol. The van der Waals surface area contributed by atoms with Crippen LogP contribution in [0.4, 0.5) is 5.82 Å². The highest BCUT2D eigenvalue weighted by atomic mass is 16.1. The van der Waals surface area contributed by atoms with Crippen LogP contribution in [0.2, 0.25) is 0 Å². The fourth-order valence-electron chi connectivity index (χ4n) is 4.01. The van der Waals surface area contributed by atoms with Crippen molar-refractivity contribution in [1.29, 1.82) is 0 Å². The first kappa shape index (κ1) is 20.6. The van der Waals surface area contributed by atoms with E-state index in [-0.39, 0.29) is 5.91 Å². The lowest BCUT2D eigenvalue weighted by Gasteiger charge is -2.09. The molecular formula is C26H24N6O. The van der Waals surface area contributed by atoms with E-state index in [9.17, 15) is 4.79 Å². The molecule has 0 unspecified atom stereocenters. The molecule has 0 saturated heterocycles. The summed E-state index contributed by atoms with van der Waals surface area (Å²) in [5, 5.41) is 12.7. The Balaban J connectivity index is 1.46. The molecule has 7 nitrogen and oxygen atoms in total. The number of carbonyl (C=O) groups is 1. The molecule has 2 aromatic carbocycles. The number of anilines is 1. The maximum Gasteiger partial charge on any atom is 0.257 e. The average molecular weight is 437 g/mol. The fraction of sp³-hybridized carbons (Fsp3) is 0.154. The Kier molecular flexibility index (Phi) is 5.22. The van der Waals surface area contributed by atoms with Crippen molar-refractivity contribution >= 4 is 22.6 Å². The topological polar surface area (TPSA) is 77.6 Å². The third-order valence-electron chi connectivity index (χ3n) is 5.73. The summed E-state index contributed by atoms with van der Waals surface area (Å²) >= 11 is 0. The van der Waals surface area contributed by atoms with E-state index < -0.39 is 0 Å². The summed E-state index contributed by atoms with van der Waals surface area (Å²) < 4.78 is 3.58. The molecule has 0 aliphatic carbocycles. The number of fused-ring (bicyclic) bond motifs is 1. The molecule has 0 aliphatic rings. The third-order valence-corrected chi connectivity index (χ3v) is 5.73. The number of nitrogens with one attached hydrogen (secondary N) is 1. The van der Waals surface area contributed by atoms with E-state index in [2.05, 4.69) is 34.6 Å². The first-order valence-electron chi connectivity index (χ1n) is 10.8. The summed E-state index contributed by atoms with van der Waals surface area (Å²) in [5.41, 5.74) is 6.19. The molecule has 1 N–H and O–H groups in total. The van der Waals surface area contributed by atoms with Gasteiger partial charge in [-0.2, -0.15) is 10.2 Å². The van der Waals surface area contributed by atoms with Gasteiger partial charge >= 0.3 is 0 Å². The van der Waals surface area contributed by atoms with Gasteiger partial charge in [0.25, 0.3) is 5.91 Å². The molecule has 1 amide bonds. The van der Waals surface area contributed by atoms with Crippen LogP contribution in [0, 0.1) is 13.8 Å². The molecule has 3 aromatic heterocycles. The zero-order valence-corrected chi connectivity index (χ0v) is 18.8. The van der Waals surface area contributed by atoms with Crippen LogP contribution < -0.4 is 5.32 Å². The highest BCUT2D eigenvalue weighted by Gasteiger charge is 2.17. The van der Waals surface area contributed by atoms with Crippen LogP contribution in [-0.4, -0.2) is 30.5 Å². The van der Waals surface area contributed by atoms with Crippen LogP contribution in [0.15, 0.2) is 73.1 Å². The maximum absolute atomic E-state index is 13.3. The van der Waals surface area contributed by atoms with Gasteiger partial charge in [0.1, 0.15) is 0 Å². The number of carbonyl (C=O) groups excluding carboxylic acids is 1. The number of pyridine rings is 1. The summed E-state index contributed by atoms with van der Waals surface area (Å²) in [4.78, 5) is 18.1. The number of benzene rings is 2. The van der Waals surface area contributed by atoms with Crippen molar-refractivity contribution in [3.8, 4) is 11.3 Å². The van der Waals surface area contributed by atoms with Crippen molar-refractivity contribution in [3.05, 3.63) is 95.4 Å². The first-order valence-corrected chi connectivity index (χ1v) is 10.8. The van der Waals surface area contributed by atoms with Crippen molar-refractivity contribution in [1.82, 2.24) is 24.5 Å². The minimum Gasteiger partial charge on any atom is -0.305 e. The molecule has 33 heavy (non-hydrogen) atoms. The molecule has 164 valence electrons. The standard InChI is InChI=1S/C26H24N6O/c1-17-8-4-5-9-19(17)15-32-13-12-25(30-32)28-26(33)21-14-24(22-16-31(3)29-18(22)2)27-23-11-7-6-10-20(21)23/h4-14,16H,15H2,1-3H3,(H,28,30,33). The van der Waals surface area contributed by atoms with Gasteiger partial charge in [0, 0.05) is 36.5 Å². The molecule has 0 aliphatic heterocycles. The van der Waals surface area contributed by atoms with E-state index in [4.69, 9.17) is 4.98 Å². The number of hydrogen-bond acceptors (Lipinski definition) is 4. The monoisotopic (exact) mass is 436 g/mol. The van der Waals surface area contributed by atoms with Crippen molar-refractivity contribution in [2.24, 2.45) is 7.05 Å². The van der Waals surface area contributed by atoms with E-state index in [0.29, 0.717) is 17.9 Å². The van der Waals surface area contributed by atoms with Crippen LogP contribution in [0.1, 0.15) is 27.2 Å². The average Bonchev–Trinajstić information content (AvgIpc) is 3.39. The van der Waals surface area contributed by atoms with Crippen molar-refractivity contribution in [2.45, 2.75) is 20.4 Å². The molecule has 5 rings (SSSR count). The maximum atomic E-state index is 13.3. The second kappa shape index (κ2) is 8.35. The van der Waals surface area contributed by atoms with Crippen molar-refractivity contribution in [2.75, 3.05) is 5.32 Å². The minimum absolute atomic E-state index is 0.225. The fourth-order valence-corrected chi connectivity index (χ4v) is 4.01. The van der Waals surface area contributed by atoms with E-state index >= 15 is 0 Å². The van der Waals surface area contributed by atoms with Gasteiger partial charge in [0.2, 0.25) is 0 Å². The highest BCUT2D eigenvalue weighted by Crippen LogP contribution is 2.27. The van der Waals surface area contributed by atoms with E-state index in [0.717, 1.165) is 27.9 Å². The van der Waals surface area contributed by atoms with E-state index in [1.807, 2.05) is 79.6 Å². The molecular weight excluding hydrogens is 412 g/mol. The Morgan fingerprint density at radius 1 is 1.00 bits per heavy atom.